The SMILES string of the molecule is Cn1c(N=[N+]=[N-])nc2cccc(F)c21. The molecule has 1 aromatic heterocycles. The van der Waals surface area contributed by atoms with Crippen molar-refractivity contribution in [2.45, 2.75) is 0 Å². The standard InChI is InChI=1S/C8H6FN5/c1-14-7-5(9)3-2-4-6(7)11-8(14)12-13-10/h2-4H,1H3. The second-order valence-corrected chi connectivity index (χ2v) is 2.77. The number of benzene rings is 1. The molecule has 2 aromatic rings. The van der Waals surface area contributed by atoms with E-state index in [1.54, 1.807) is 19.2 Å². The normalized spacial score (nSPS) is 10.1. The van der Waals surface area contributed by atoms with Gasteiger partial charge in [-0.1, -0.05) is 6.07 Å². The van der Waals surface area contributed by atoms with Crippen molar-refractivity contribution < 1.29 is 4.39 Å². The van der Waals surface area contributed by atoms with E-state index in [1.165, 1.54) is 10.6 Å². The lowest BCUT2D eigenvalue weighted by Gasteiger charge is -1.96. The Hall–Kier alpha value is -2.07. The predicted octanol–water partition coefficient (Wildman–Crippen LogP) is 2.65. The first kappa shape index (κ1) is 8.52. The van der Waals surface area contributed by atoms with Crippen LogP contribution in [0.4, 0.5) is 10.3 Å². The van der Waals surface area contributed by atoms with E-state index < -0.39 is 0 Å². The molecule has 0 N–H and O–H groups in total. The zero-order valence-electron chi connectivity index (χ0n) is 7.35. The van der Waals surface area contributed by atoms with Crippen molar-refractivity contribution in [1.82, 2.24) is 9.55 Å². The first-order valence-corrected chi connectivity index (χ1v) is 3.90. The van der Waals surface area contributed by atoms with Gasteiger partial charge in [0.15, 0.2) is 5.95 Å². The zero-order valence-corrected chi connectivity index (χ0v) is 7.35. The van der Waals surface area contributed by atoms with Crippen molar-refractivity contribution in [1.29, 1.82) is 0 Å². The summed E-state index contributed by atoms with van der Waals surface area (Å²) in [4.78, 5) is 6.58. The van der Waals surface area contributed by atoms with E-state index in [0.29, 0.717) is 11.0 Å². The molecule has 0 aliphatic carbocycles. The maximum Gasteiger partial charge on any atom is 0.197 e. The molecule has 0 atom stereocenters. The highest BCUT2D eigenvalue weighted by atomic mass is 19.1. The number of rotatable bonds is 1. The fourth-order valence-electron chi connectivity index (χ4n) is 1.34. The minimum Gasteiger partial charge on any atom is -0.323 e. The van der Waals surface area contributed by atoms with Gasteiger partial charge in [0.1, 0.15) is 11.3 Å². The summed E-state index contributed by atoms with van der Waals surface area (Å²) in [6, 6.07) is 4.56. The van der Waals surface area contributed by atoms with Crippen LogP contribution in [-0.4, -0.2) is 9.55 Å². The summed E-state index contributed by atoms with van der Waals surface area (Å²) in [7, 11) is 1.60. The number of azide groups is 1. The van der Waals surface area contributed by atoms with Gasteiger partial charge in [-0.25, -0.2) is 9.37 Å². The molecule has 14 heavy (non-hydrogen) atoms. The highest BCUT2D eigenvalue weighted by molar-refractivity contribution is 5.78. The molecule has 0 aliphatic rings. The maximum atomic E-state index is 13.3. The number of aromatic nitrogens is 2. The van der Waals surface area contributed by atoms with Crippen LogP contribution >= 0.6 is 0 Å². The largest absolute Gasteiger partial charge is 0.323 e. The van der Waals surface area contributed by atoms with E-state index in [0.717, 1.165) is 0 Å². The topological polar surface area (TPSA) is 66.6 Å². The third-order valence-corrected chi connectivity index (χ3v) is 1.96. The summed E-state index contributed by atoms with van der Waals surface area (Å²) in [6.45, 7) is 0. The molecular weight excluding hydrogens is 185 g/mol. The van der Waals surface area contributed by atoms with Gasteiger partial charge < -0.3 is 4.57 Å². The molecule has 0 radical (unpaired) electrons. The van der Waals surface area contributed by atoms with Crippen molar-refractivity contribution in [3.8, 4) is 0 Å². The van der Waals surface area contributed by atoms with Gasteiger partial charge in [0.2, 0.25) is 0 Å². The molecule has 0 saturated heterocycles. The highest BCUT2D eigenvalue weighted by Gasteiger charge is 2.09. The lowest BCUT2D eigenvalue weighted by molar-refractivity contribution is 0.632. The van der Waals surface area contributed by atoms with Crippen LogP contribution < -0.4 is 0 Å². The Balaban J connectivity index is 2.87. The van der Waals surface area contributed by atoms with Crippen molar-refractivity contribution >= 4 is 17.0 Å². The van der Waals surface area contributed by atoms with Crippen molar-refractivity contribution in [3.63, 3.8) is 0 Å². The Morgan fingerprint density at radius 1 is 1.57 bits per heavy atom. The van der Waals surface area contributed by atoms with E-state index >= 15 is 0 Å². The fourth-order valence-corrected chi connectivity index (χ4v) is 1.34. The number of para-hydroxylation sites is 1. The van der Waals surface area contributed by atoms with Crippen LogP contribution in [-0.2, 0) is 7.05 Å². The summed E-state index contributed by atoms with van der Waals surface area (Å²) in [5.41, 5.74) is 9.07. The lowest BCUT2D eigenvalue weighted by atomic mass is 10.3. The molecule has 0 unspecified atom stereocenters. The van der Waals surface area contributed by atoms with Crippen molar-refractivity contribution in [3.05, 3.63) is 34.5 Å². The number of aryl methyl sites for hydroxylation is 1. The predicted molar refractivity (Wildman–Crippen MR) is 49.5 cm³/mol. The van der Waals surface area contributed by atoms with Gasteiger partial charge >= 0.3 is 0 Å². The van der Waals surface area contributed by atoms with Crippen LogP contribution in [0.25, 0.3) is 21.5 Å². The molecule has 0 saturated carbocycles. The molecule has 1 heterocycles. The summed E-state index contributed by atoms with van der Waals surface area (Å²) >= 11 is 0. The molecule has 5 nitrogen and oxygen atoms in total. The third kappa shape index (κ3) is 1.09. The Kier molecular flexibility index (Phi) is 1.83. The van der Waals surface area contributed by atoms with E-state index in [4.69, 9.17) is 5.53 Å². The number of fused-ring (bicyclic) bond motifs is 1. The molecule has 6 heteroatoms. The molecule has 0 spiro atoms. The monoisotopic (exact) mass is 191 g/mol. The minimum atomic E-state index is -0.378. The van der Waals surface area contributed by atoms with E-state index in [9.17, 15) is 4.39 Å². The van der Waals surface area contributed by atoms with Crippen LogP contribution in [0.15, 0.2) is 23.3 Å². The van der Waals surface area contributed by atoms with Crippen LogP contribution in [0.5, 0.6) is 0 Å². The molecule has 0 aliphatic heterocycles. The Bertz CT molecular complexity index is 538. The second-order valence-electron chi connectivity index (χ2n) is 2.77. The van der Waals surface area contributed by atoms with E-state index in [-0.39, 0.29) is 11.8 Å². The summed E-state index contributed by atoms with van der Waals surface area (Å²) in [6.07, 6.45) is 0. The Labute approximate surface area is 78.4 Å². The zero-order chi connectivity index (χ0) is 10.1. The first-order chi connectivity index (χ1) is 6.74. The van der Waals surface area contributed by atoms with Crippen LogP contribution in [0.2, 0.25) is 0 Å². The van der Waals surface area contributed by atoms with Gasteiger partial charge in [-0.2, -0.15) is 0 Å². The quantitative estimate of drug-likeness (QED) is 0.388. The number of hydrogen-bond donors (Lipinski definition) is 0. The van der Waals surface area contributed by atoms with Gasteiger partial charge in [-0.15, -0.1) is 0 Å². The van der Waals surface area contributed by atoms with E-state index in [1.807, 2.05) is 0 Å². The Morgan fingerprint density at radius 3 is 3.00 bits per heavy atom. The Morgan fingerprint density at radius 2 is 2.36 bits per heavy atom. The van der Waals surface area contributed by atoms with E-state index in [2.05, 4.69) is 15.0 Å². The van der Waals surface area contributed by atoms with Gasteiger partial charge in [0, 0.05) is 12.0 Å². The van der Waals surface area contributed by atoms with Gasteiger partial charge in [0.05, 0.1) is 5.52 Å². The molecule has 0 amide bonds. The van der Waals surface area contributed by atoms with Gasteiger partial charge in [-0.05, 0) is 22.8 Å². The summed E-state index contributed by atoms with van der Waals surface area (Å²) < 4.78 is 14.7. The van der Waals surface area contributed by atoms with Crippen LogP contribution in [0.3, 0.4) is 0 Å². The maximum absolute atomic E-state index is 13.3. The molecule has 0 bridgehead atoms. The highest BCUT2D eigenvalue weighted by Crippen LogP contribution is 2.22. The third-order valence-electron chi connectivity index (χ3n) is 1.96. The summed E-state index contributed by atoms with van der Waals surface area (Å²) in [5, 5.41) is 3.35. The first-order valence-electron chi connectivity index (χ1n) is 3.90. The van der Waals surface area contributed by atoms with Crippen LogP contribution in [0, 0.1) is 5.82 Å². The van der Waals surface area contributed by atoms with Crippen molar-refractivity contribution in [2.75, 3.05) is 0 Å². The minimum absolute atomic E-state index is 0.160. The number of halogens is 1. The average molecular weight is 191 g/mol. The summed E-state index contributed by atoms with van der Waals surface area (Å²) in [5.74, 6) is -0.218. The number of hydrogen-bond acceptors (Lipinski definition) is 2. The average Bonchev–Trinajstić information content (AvgIpc) is 2.46. The molecule has 1 aromatic carbocycles. The number of imidazole rings is 1. The van der Waals surface area contributed by atoms with Gasteiger partial charge in [0.25, 0.3) is 0 Å². The fraction of sp³-hybridized carbons (Fsp3) is 0.125. The number of nitrogens with zero attached hydrogens (tertiary/aromatic N) is 5. The smallest absolute Gasteiger partial charge is 0.197 e. The lowest BCUT2D eigenvalue weighted by Crippen LogP contribution is -1.88. The molecule has 2 rings (SSSR count). The molecule has 70 valence electrons. The second kappa shape index (κ2) is 3.01. The van der Waals surface area contributed by atoms with Crippen molar-refractivity contribution in [2.24, 2.45) is 12.2 Å². The van der Waals surface area contributed by atoms with Crippen LogP contribution in [0.1, 0.15) is 0 Å². The van der Waals surface area contributed by atoms with Gasteiger partial charge in [-0.3, -0.25) is 0 Å². The molecular formula is C8H6FN5. The molecule has 0 fully saturated rings.